The van der Waals surface area contributed by atoms with Crippen LogP contribution in [-0.4, -0.2) is 30.4 Å². The van der Waals surface area contributed by atoms with Crippen molar-refractivity contribution in [3.8, 4) is 22.8 Å². The lowest BCUT2D eigenvalue weighted by Gasteiger charge is -2.20. The lowest BCUT2D eigenvalue weighted by atomic mass is 10.1. The number of aromatic amines is 2. The minimum absolute atomic E-state index is 0.192. The number of nitrogens with zero attached hydrogens (tertiary/aromatic N) is 3. The lowest BCUT2D eigenvalue weighted by Crippen LogP contribution is -2.21. The van der Waals surface area contributed by atoms with Crippen LogP contribution in [0.1, 0.15) is 19.4 Å². The van der Waals surface area contributed by atoms with Gasteiger partial charge >= 0.3 is 0 Å². The second kappa shape index (κ2) is 11.2. The van der Waals surface area contributed by atoms with Gasteiger partial charge in [-0.25, -0.2) is 0 Å². The highest BCUT2D eigenvalue weighted by Gasteiger charge is 2.15. The molecule has 0 saturated carbocycles. The zero-order chi connectivity index (χ0) is 24.6. The highest BCUT2D eigenvalue weighted by atomic mass is 16.5. The van der Waals surface area contributed by atoms with E-state index in [1.54, 1.807) is 13.2 Å². The van der Waals surface area contributed by atoms with E-state index in [1.807, 2.05) is 66.7 Å². The van der Waals surface area contributed by atoms with Crippen LogP contribution in [0.2, 0.25) is 0 Å². The highest BCUT2D eigenvalue weighted by Crippen LogP contribution is 2.35. The monoisotopic (exact) mass is 471 g/mol. The highest BCUT2D eigenvalue weighted by molar-refractivity contribution is 5.73. The van der Waals surface area contributed by atoms with E-state index in [9.17, 15) is 4.79 Å². The number of hydrogen-bond donors (Lipinski definition) is 2. The first-order valence-corrected chi connectivity index (χ1v) is 11.6. The van der Waals surface area contributed by atoms with E-state index < -0.39 is 0 Å². The normalized spacial score (nSPS) is 11.1. The van der Waals surface area contributed by atoms with Gasteiger partial charge in [-0.05, 0) is 61.9 Å². The van der Waals surface area contributed by atoms with Crippen molar-refractivity contribution in [1.29, 1.82) is 0 Å². The Kier molecular flexibility index (Phi) is 7.62. The Balaban J connectivity index is 1.55. The van der Waals surface area contributed by atoms with E-state index in [4.69, 9.17) is 9.47 Å². The van der Waals surface area contributed by atoms with Gasteiger partial charge in [0, 0.05) is 24.3 Å². The Morgan fingerprint density at radius 2 is 1.60 bits per heavy atom. The molecule has 0 bridgehead atoms. The molecule has 2 N–H and O–H groups in total. The second-order valence-corrected chi connectivity index (χ2v) is 7.83. The fourth-order valence-corrected chi connectivity index (χ4v) is 3.76. The molecule has 4 rings (SSSR count). The summed E-state index contributed by atoms with van der Waals surface area (Å²) in [6.07, 6.45) is 0. The number of H-pyrrole nitrogens is 2. The average molecular weight is 472 g/mol. The Morgan fingerprint density at radius 3 is 2.29 bits per heavy atom. The van der Waals surface area contributed by atoms with Gasteiger partial charge < -0.3 is 14.4 Å². The summed E-state index contributed by atoms with van der Waals surface area (Å²) in [6, 6.07) is 23.1. The third kappa shape index (κ3) is 5.60. The lowest BCUT2D eigenvalue weighted by molar-refractivity contribution is 0.284. The quantitative estimate of drug-likeness (QED) is 0.268. The molecular weight excluding hydrogens is 442 g/mol. The van der Waals surface area contributed by atoms with Gasteiger partial charge in [0.25, 0.3) is 5.56 Å². The van der Waals surface area contributed by atoms with Crippen LogP contribution in [-0.2, 0) is 6.61 Å². The van der Waals surface area contributed by atoms with Gasteiger partial charge in [0.2, 0.25) is 0 Å². The maximum absolute atomic E-state index is 12.4. The fraction of sp³-hybridized carbons (Fsp3) is 0.222. The number of benzene rings is 3. The minimum atomic E-state index is -0.355. The van der Waals surface area contributed by atoms with E-state index in [2.05, 4.69) is 39.2 Å². The molecule has 8 nitrogen and oxygen atoms in total. The van der Waals surface area contributed by atoms with Crippen molar-refractivity contribution in [3.63, 3.8) is 0 Å². The smallest absolute Gasteiger partial charge is 0.292 e. The molecule has 0 amide bonds. The number of methoxy groups -OCH3 is 1. The summed E-state index contributed by atoms with van der Waals surface area (Å²) in [5.41, 5.74) is 3.92. The number of ether oxygens (including phenoxy) is 2. The van der Waals surface area contributed by atoms with Crippen molar-refractivity contribution in [2.45, 2.75) is 20.5 Å². The molecule has 8 heteroatoms. The van der Waals surface area contributed by atoms with Crippen LogP contribution in [0.25, 0.3) is 11.3 Å². The molecule has 0 spiro atoms. The molecule has 1 aromatic heterocycles. The molecule has 0 unspecified atom stereocenters. The van der Waals surface area contributed by atoms with Crippen LogP contribution < -0.4 is 19.9 Å². The van der Waals surface area contributed by atoms with Gasteiger partial charge in [0.15, 0.2) is 17.2 Å². The SMILES string of the molecule is CCN(CC)c1ccc(N=Nc2c(-c3ccc(OCc4ccccc4)c(OC)c3)[nH][nH]c2=O)cc1. The maximum Gasteiger partial charge on any atom is 0.292 e. The summed E-state index contributed by atoms with van der Waals surface area (Å²) >= 11 is 0. The third-order valence-electron chi connectivity index (χ3n) is 5.69. The standard InChI is InChI=1S/C27H29N5O3/c1-4-32(5-2)22-14-12-21(13-15-22)28-30-26-25(29-31-27(26)33)20-11-16-23(24(17-20)34-3)35-18-19-9-7-6-8-10-19/h6-17H,4-5,18H2,1-3H3,(H2,29,31,33). The summed E-state index contributed by atoms with van der Waals surface area (Å²) in [5.74, 6) is 1.16. The Morgan fingerprint density at radius 1 is 0.857 bits per heavy atom. The van der Waals surface area contributed by atoms with Crippen molar-refractivity contribution in [1.82, 2.24) is 10.2 Å². The summed E-state index contributed by atoms with van der Waals surface area (Å²) in [6.45, 7) is 6.52. The zero-order valence-electron chi connectivity index (χ0n) is 20.1. The van der Waals surface area contributed by atoms with Crippen LogP contribution in [0.5, 0.6) is 11.5 Å². The predicted octanol–water partition coefficient (Wildman–Crippen LogP) is 6.22. The Bertz CT molecular complexity index is 1320. The molecule has 0 atom stereocenters. The van der Waals surface area contributed by atoms with E-state index in [0.717, 1.165) is 29.9 Å². The van der Waals surface area contributed by atoms with Crippen molar-refractivity contribution in [2.75, 3.05) is 25.1 Å². The molecule has 0 aliphatic carbocycles. The molecule has 180 valence electrons. The number of azo groups is 1. The second-order valence-electron chi connectivity index (χ2n) is 7.83. The van der Waals surface area contributed by atoms with Crippen LogP contribution in [0.15, 0.2) is 87.8 Å². The molecular formula is C27H29N5O3. The third-order valence-corrected chi connectivity index (χ3v) is 5.69. The first-order chi connectivity index (χ1) is 17.1. The Hall–Kier alpha value is -4.33. The molecule has 1 heterocycles. The van der Waals surface area contributed by atoms with E-state index in [1.165, 1.54) is 0 Å². The maximum atomic E-state index is 12.4. The molecule has 4 aromatic rings. The first-order valence-electron chi connectivity index (χ1n) is 11.6. The summed E-state index contributed by atoms with van der Waals surface area (Å²) < 4.78 is 11.5. The number of nitrogens with one attached hydrogen (secondary N) is 2. The summed E-state index contributed by atoms with van der Waals surface area (Å²) in [5, 5.41) is 14.0. The fourth-order valence-electron chi connectivity index (χ4n) is 3.76. The van der Waals surface area contributed by atoms with Crippen LogP contribution in [0.3, 0.4) is 0 Å². The minimum Gasteiger partial charge on any atom is -0.493 e. The van der Waals surface area contributed by atoms with E-state index >= 15 is 0 Å². The number of rotatable bonds is 10. The van der Waals surface area contributed by atoms with Gasteiger partial charge in [-0.2, -0.15) is 5.11 Å². The molecule has 3 aromatic carbocycles. The largest absolute Gasteiger partial charge is 0.493 e. The Labute approximate surface area is 204 Å². The van der Waals surface area contributed by atoms with E-state index in [0.29, 0.717) is 29.5 Å². The molecule has 35 heavy (non-hydrogen) atoms. The number of hydrogen-bond acceptors (Lipinski definition) is 6. The van der Waals surface area contributed by atoms with Gasteiger partial charge in [0.1, 0.15) is 6.61 Å². The molecule has 0 radical (unpaired) electrons. The molecule has 0 saturated heterocycles. The van der Waals surface area contributed by atoms with Crippen LogP contribution in [0, 0.1) is 0 Å². The first kappa shape index (κ1) is 23.8. The van der Waals surface area contributed by atoms with E-state index in [-0.39, 0.29) is 11.2 Å². The van der Waals surface area contributed by atoms with Gasteiger partial charge in [0.05, 0.1) is 18.5 Å². The summed E-state index contributed by atoms with van der Waals surface area (Å²) in [7, 11) is 1.58. The topological polar surface area (TPSA) is 95.1 Å². The molecule has 0 fully saturated rings. The van der Waals surface area contributed by atoms with Crippen molar-refractivity contribution < 1.29 is 9.47 Å². The average Bonchev–Trinajstić information content (AvgIpc) is 3.28. The van der Waals surface area contributed by atoms with Crippen molar-refractivity contribution in [2.24, 2.45) is 10.2 Å². The summed E-state index contributed by atoms with van der Waals surface area (Å²) in [4.78, 5) is 14.7. The molecule has 0 aliphatic heterocycles. The number of anilines is 1. The van der Waals surface area contributed by atoms with Crippen molar-refractivity contribution >= 4 is 17.1 Å². The molecule has 0 aliphatic rings. The predicted molar refractivity (Wildman–Crippen MR) is 138 cm³/mol. The zero-order valence-corrected chi connectivity index (χ0v) is 20.1. The van der Waals surface area contributed by atoms with Gasteiger partial charge in [-0.15, -0.1) is 5.11 Å². The number of aromatic nitrogens is 2. The van der Waals surface area contributed by atoms with Gasteiger partial charge in [-0.1, -0.05) is 30.3 Å². The van der Waals surface area contributed by atoms with Crippen LogP contribution in [0.4, 0.5) is 17.1 Å². The van der Waals surface area contributed by atoms with Crippen LogP contribution >= 0.6 is 0 Å². The van der Waals surface area contributed by atoms with Crippen molar-refractivity contribution in [3.05, 3.63) is 88.7 Å². The van der Waals surface area contributed by atoms with Gasteiger partial charge in [-0.3, -0.25) is 15.0 Å².